The lowest BCUT2D eigenvalue weighted by Crippen LogP contribution is -2.14. The van der Waals surface area contributed by atoms with E-state index < -0.39 is 16.9 Å². The van der Waals surface area contributed by atoms with Crippen LogP contribution in [0.1, 0.15) is 25.3 Å². The number of hydrogen-bond acceptors (Lipinski definition) is 2. The van der Waals surface area contributed by atoms with Crippen molar-refractivity contribution in [2.45, 2.75) is 37.7 Å². The summed E-state index contributed by atoms with van der Waals surface area (Å²) in [6, 6.07) is 7.50. The van der Waals surface area contributed by atoms with Crippen LogP contribution in [0, 0.1) is 18.8 Å². The van der Waals surface area contributed by atoms with Crippen LogP contribution in [0.4, 0.5) is 0 Å². The quantitative estimate of drug-likeness (QED) is 0.832. The molecule has 0 spiro atoms. The molecule has 0 bridgehead atoms. The number of unbranched alkanes of at least 4 members (excludes halogenated alkanes) is 1. The summed E-state index contributed by atoms with van der Waals surface area (Å²) in [6.07, 6.45) is 0.943. The van der Waals surface area contributed by atoms with Crippen molar-refractivity contribution >= 4 is 10.8 Å². The third-order valence-electron chi connectivity index (χ3n) is 2.24. The molecule has 0 aromatic heterocycles. The molecule has 0 heterocycles. The zero-order chi connectivity index (χ0) is 12.7. The SMILES string of the molecule is CCCC#C[C@@H](O)C[S@@](=O)c1ccc(C)cc1. The molecule has 1 rings (SSSR count). The minimum absolute atomic E-state index is 0.180. The van der Waals surface area contributed by atoms with Crippen LogP contribution in [0.25, 0.3) is 0 Å². The number of rotatable bonds is 4. The molecule has 0 fully saturated rings. The monoisotopic (exact) mass is 250 g/mol. The van der Waals surface area contributed by atoms with E-state index in [0.29, 0.717) is 0 Å². The van der Waals surface area contributed by atoms with E-state index in [4.69, 9.17) is 0 Å². The first-order valence-corrected chi connectivity index (χ1v) is 7.07. The highest BCUT2D eigenvalue weighted by molar-refractivity contribution is 7.85. The van der Waals surface area contributed by atoms with Gasteiger partial charge < -0.3 is 5.11 Å². The van der Waals surface area contributed by atoms with E-state index in [2.05, 4.69) is 11.8 Å². The highest BCUT2D eigenvalue weighted by Crippen LogP contribution is 2.09. The number of hydrogen-bond donors (Lipinski definition) is 1. The largest absolute Gasteiger partial charge is 0.379 e. The standard InChI is InChI=1S/C14H18O2S/c1-3-4-5-6-13(15)11-17(16)14-9-7-12(2)8-10-14/h7-10,13,15H,3-4,11H2,1-2H3/t13-,17-/m1/s1. The van der Waals surface area contributed by atoms with E-state index >= 15 is 0 Å². The fourth-order valence-corrected chi connectivity index (χ4v) is 2.29. The molecule has 1 N–H and O–H groups in total. The van der Waals surface area contributed by atoms with Crippen LogP contribution in [0.3, 0.4) is 0 Å². The molecule has 3 heteroatoms. The summed E-state index contributed by atoms with van der Waals surface area (Å²) in [4.78, 5) is 0.743. The van der Waals surface area contributed by atoms with Gasteiger partial charge in [0.1, 0.15) is 6.10 Å². The van der Waals surface area contributed by atoms with Gasteiger partial charge in [0, 0.05) is 11.3 Å². The first-order valence-electron chi connectivity index (χ1n) is 5.75. The summed E-state index contributed by atoms with van der Waals surface area (Å²) in [5.41, 5.74) is 1.13. The minimum Gasteiger partial charge on any atom is -0.379 e. The number of aliphatic hydroxyl groups excluding tert-OH is 1. The van der Waals surface area contributed by atoms with E-state index in [1.54, 1.807) is 0 Å². The Morgan fingerprint density at radius 2 is 2.00 bits per heavy atom. The van der Waals surface area contributed by atoms with Crippen LogP contribution in [0.5, 0.6) is 0 Å². The number of aryl methyl sites for hydroxylation is 1. The van der Waals surface area contributed by atoms with Crippen molar-refractivity contribution in [3.05, 3.63) is 29.8 Å². The molecule has 2 nitrogen and oxygen atoms in total. The van der Waals surface area contributed by atoms with Gasteiger partial charge in [0.15, 0.2) is 0 Å². The van der Waals surface area contributed by atoms with Gasteiger partial charge in [-0.05, 0) is 25.5 Å². The van der Waals surface area contributed by atoms with E-state index in [1.807, 2.05) is 38.1 Å². The molecule has 17 heavy (non-hydrogen) atoms. The van der Waals surface area contributed by atoms with Gasteiger partial charge >= 0.3 is 0 Å². The Labute approximate surface area is 106 Å². The van der Waals surface area contributed by atoms with Crippen LogP contribution >= 0.6 is 0 Å². The summed E-state index contributed by atoms with van der Waals surface area (Å²) in [7, 11) is -1.18. The summed E-state index contributed by atoms with van der Waals surface area (Å²) < 4.78 is 11.9. The molecule has 0 radical (unpaired) electrons. The fourth-order valence-electron chi connectivity index (χ4n) is 1.29. The van der Waals surface area contributed by atoms with Gasteiger partial charge in [0.2, 0.25) is 0 Å². The van der Waals surface area contributed by atoms with Gasteiger partial charge in [-0.15, -0.1) is 5.92 Å². The van der Waals surface area contributed by atoms with Crippen molar-refractivity contribution < 1.29 is 9.32 Å². The Morgan fingerprint density at radius 1 is 1.35 bits per heavy atom. The second-order valence-electron chi connectivity index (χ2n) is 3.91. The lowest BCUT2D eigenvalue weighted by atomic mass is 10.2. The van der Waals surface area contributed by atoms with Gasteiger partial charge in [-0.1, -0.05) is 30.5 Å². The molecular weight excluding hydrogens is 232 g/mol. The Balaban J connectivity index is 2.55. The molecule has 0 amide bonds. The van der Waals surface area contributed by atoms with Crippen LogP contribution in [0.15, 0.2) is 29.2 Å². The van der Waals surface area contributed by atoms with Gasteiger partial charge in [-0.3, -0.25) is 4.21 Å². The summed E-state index contributed by atoms with van der Waals surface area (Å²) in [5.74, 6) is 5.75. The maximum Gasteiger partial charge on any atom is 0.126 e. The summed E-state index contributed by atoms with van der Waals surface area (Å²) in [6.45, 7) is 4.02. The van der Waals surface area contributed by atoms with Crippen LogP contribution in [-0.4, -0.2) is 21.2 Å². The molecular formula is C14H18O2S. The molecule has 2 atom stereocenters. The average molecular weight is 250 g/mol. The van der Waals surface area contributed by atoms with E-state index in [1.165, 1.54) is 0 Å². The summed E-state index contributed by atoms with van der Waals surface area (Å²) >= 11 is 0. The molecule has 0 aliphatic rings. The Morgan fingerprint density at radius 3 is 2.59 bits per heavy atom. The molecule has 0 aliphatic heterocycles. The number of benzene rings is 1. The number of aliphatic hydroxyl groups is 1. The third kappa shape index (κ3) is 5.16. The van der Waals surface area contributed by atoms with Crippen LogP contribution < -0.4 is 0 Å². The summed E-state index contributed by atoms with van der Waals surface area (Å²) in [5, 5.41) is 9.60. The van der Waals surface area contributed by atoms with Crippen molar-refractivity contribution in [3.8, 4) is 11.8 Å². The zero-order valence-electron chi connectivity index (χ0n) is 10.3. The van der Waals surface area contributed by atoms with Gasteiger partial charge in [0.25, 0.3) is 0 Å². The lowest BCUT2D eigenvalue weighted by molar-refractivity contribution is 0.256. The van der Waals surface area contributed by atoms with Crippen molar-refractivity contribution in [1.29, 1.82) is 0 Å². The van der Waals surface area contributed by atoms with Crippen LogP contribution in [-0.2, 0) is 10.8 Å². The van der Waals surface area contributed by atoms with Crippen molar-refractivity contribution in [3.63, 3.8) is 0 Å². The molecule has 0 saturated carbocycles. The molecule has 1 aromatic rings. The molecule has 0 unspecified atom stereocenters. The second-order valence-corrected chi connectivity index (χ2v) is 5.41. The average Bonchev–Trinajstić information content (AvgIpc) is 2.30. The van der Waals surface area contributed by atoms with Crippen molar-refractivity contribution in [2.75, 3.05) is 5.75 Å². The van der Waals surface area contributed by atoms with Crippen molar-refractivity contribution in [2.24, 2.45) is 0 Å². The lowest BCUT2D eigenvalue weighted by Gasteiger charge is -2.04. The fraction of sp³-hybridized carbons (Fsp3) is 0.429. The van der Waals surface area contributed by atoms with Gasteiger partial charge in [0.05, 0.1) is 16.6 Å². The highest BCUT2D eigenvalue weighted by Gasteiger charge is 2.08. The topological polar surface area (TPSA) is 37.3 Å². The first-order chi connectivity index (χ1) is 8.13. The minimum atomic E-state index is -1.18. The zero-order valence-corrected chi connectivity index (χ0v) is 11.1. The van der Waals surface area contributed by atoms with Gasteiger partial charge in [-0.25, -0.2) is 0 Å². The third-order valence-corrected chi connectivity index (χ3v) is 3.65. The Bertz CT molecular complexity index is 426. The smallest absolute Gasteiger partial charge is 0.126 e. The van der Waals surface area contributed by atoms with Crippen LogP contribution in [0.2, 0.25) is 0 Å². The van der Waals surface area contributed by atoms with Gasteiger partial charge in [-0.2, -0.15) is 0 Å². The Kier molecular flexibility index (Phi) is 5.96. The maximum atomic E-state index is 11.9. The highest BCUT2D eigenvalue weighted by atomic mass is 32.2. The van der Waals surface area contributed by atoms with Crippen molar-refractivity contribution in [1.82, 2.24) is 0 Å². The molecule has 0 aliphatic carbocycles. The normalized spacial score (nSPS) is 13.6. The van der Waals surface area contributed by atoms with E-state index in [-0.39, 0.29) is 5.75 Å². The maximum absolute atomic E-state index is 11.9. The molecule has 1 aromatic carbocycles. The molecule has 0 saturated heterocycles. The second kappa shape index (κ2) is 7.26. The van der Waals surface area contributed by atoms with E-state index in [9.17, 15) is 9.32 Å². The predicted molar refractivity (Wildman–Crippen MR) is 71.1 cm³/mol. The van der Waals surface area contributed by atoms with E-state index in [0.717, 1.165) is 23.3 Å². The molecule has 92 valence electrons. The Hall–Kier alpha value is -1.11. The predicted octanol–water partition coefficient (Wildman–Crippen LogP) is 2.27. The first kappa shape index (κ1) is 14.0.